The first-order chi connectivity index (χ1) is 13.5. The molecule has 2 heterocycles. The predicted molar refractivity (Wildman–Crippen MR) is 97.7 cm³/mol. The minimum Gasteiger partial charge on any atom is -0.508 e. The van der Waals surface area contributed by atoms with Crippen LogP contribution in [0.2, 0.25) is 0 Å². The Hall–Kier alpha value is -3.80. The van der Waals surface area contributed by atoms with Gasteiger partial charge >= 0.3 is 11.9 Å². The molecule has 0 amide bonds. The Morgan fingerprint density at radius 1 is 0.964 bits per heavy atom. The lowest BCUT2D eigenvalue weighted by Gasteiger charge is -2.36. The summed E-state index contributed by atoms with van der Waals surface area (Å²) >= 11 is 0. The van der Waals surface area contributed by atoms with Crippen molar-refractivity contribution in [3.05, 3.63) is 82.9 Å². The van der Waals surface area contributed by atoms with Crippen LogP contribution in [0.3, 0.4) is 0 Å². The molecule has 0 saturated heterocycles. The van der Waals surface area contributed by atoms with Crippen molar-refractivity contribution in [3.8, 4) is 23.0 Å². The number of carbonyl (C=O) groups is 2. The minimum absolute atomic E-state index is 0.0195. The molecule has 5 rings (SSSR count). The normalized spacial score (nSPS) is 18.5. The zero-order chi connectivity index (χ0) is 19.5. The number of rotatable bonds is 1. The van der Waals surface area contributed by atoms with Crippen LogP contribution in [0.1, 0.15) is 34.0 Å². The van der Waals surface area contributed by atoms with Crippen LogP contribution in [0.15, 0.2) is 60.7 Å². The Balaban J connectivity index is 1.81. The van der Waals surface area contributed by atoms with Gasteiger partial charge in [0.2, 0.25) is 0 Å². The molecule has 2 aliphatic rings. The predicted octanol–water partition coefficient (Wildman–Crippen LogP) is 3.89. The monoisotopic (exact) mass is 374 g/mol. The molecule has 1 N–H and O–H groups in total. The number of benzene rings is 3. The smallest absolute Gasteiger partial charge is 0.340 e. The van der Waals surface area contributed by atoms with Crippen molar-refractivity contribution in [2.24, 2.45) is 0 Å². The number of carbonyl (C=O) groups excluding carboxylic acids is 2. The zero-order valence-electron chi connectivity index (χ0n) is 14.8. The maximum Gasteiger partial charge on any atom is 0.340 e. The van der Waals surface area contributed by atoms with Crippen LogP contribution in [0, 0.1) is 0 Å². The van der Waals surface area contributed by atoms with Crippen LogP contribution in [-0.4, -0.2) is 17.0 Å². The molecule has 0 saturated carbocycles. The second kappa shape index (κ2) is 5.60. The van der Waals surface area contributed by atoms with Gasteiger partial charge in [-0.05, 0) is 30.3 Å². The molecule has 3 aromatic rings. The molecule has 1 unspecified atom stereocenters. The van der Waals surface area contributed by atoms with Crippen molar-refractivity contribution in [1.29, 1.82) is 0 Å². The van der Waals surface area contributed by atoms with Gasteiger partial charge in [0.15, 0.2) is 5.60 Å². The lowest BCUT2D eigenvalue weighted by molar-refractivity contribution is -0.131. The maximum absolute atomic E-state index is 12.7. The largest absolute Gasteiger partial charge is 0.508 e. The molecular weight excluding hydrogens is 360 g/mol. The van der Waals surface area contributed by atoms with E-state index in [-0.39, 0.29) is 5.75 Å². The van der Waals surface area contributed by atoms with Crippen molar-refractivity contribution in [2.45, 2.75) is 12.5 Å². The first kappa shape index (κ1) is 16.4. The van der Waals surface area contributed by atoms with Crippen LogP contribution >= 0.6 is 0 Å². The minimum atomic E-state index is -1.21. The molecule has 2 aliphatic heterocycles. The fourth-order valence-corrected chi connectivity index (χ4v) is 3.87. The van der Waals surface area contributed by atoms with Gasteiger partial charge in [-0.3, -0.25) is 4.79 Å². The number of hydrogen-bond donors (Lipinski definition) is 1. The summed E-state index contributed by atoms with van der Waals surface area (Å²) in [6.07, 6.45) is 0. The number of hydrogen-bond acceptors (Lipinski definition) is 6. The van der Waals surface area contributed by atoms with Gasteiger partial charge in [-0.2, -0.15) is 0 Å². The summed E-state index contributed by atoms with van der Waals surface area (Å²) in [5.41, 5.74) is 1.17. The molecule has 0 fully saturated rings. The van der Waals surface area contributed by atoms with E-state index in [9.17, 15) is 14.7 Å². The number of aromatic hydroxyl groups is 1. The van der Waals surface area contributed by atoms with E-state index < -0.39 is 17.5 Å². The molecule has 6 heteroatoms. The summed E-state index contributed by atoms with van der Waals surface area (Å²) in [6.45, 7) is 1.31. The SMILES string of the molecule is CC(=O)Oc1ccc2c(c1)Oc1cc(O)ccc1C21OC(=O)c2ccccc21. The first-order valence-corrected chi connectivity index (χ1v) is 8.66. The van der Waals surface area contributed by atoms with Crippen molar-refractivity contribution in [1.82, 2.24) is 0 Å². The first-order valence-electron chi connectivity index (χ1n) is 8.66. The summed E-state index contributed by atoms with van der Waals surface area (Å²) in [7, 11) is 0. The van der Waals surface area contributed by atoms with Gasteiger partial charge in [-0.1, -0.05) is 18.2 Å². The van der Waals surface area contributed by atoms with E-state index in [1.807, 2.05) is 12.1 Å². The summed E-state index contributed by atoms with van der Waals surface area (Å²) in [4.78, 5) is 24.0. The highest BCUT2D eigenvalue weighted by Crippen LogP contribution is 2.56. The molecular formula is C22H14O6. The Bertz CT molecular complexity index is 1170. The number of phenolic OH excluding ortho intramolecular Hbond substituents is 1. The van der Waals surface area contributed by atoms with E-state index in [1.165, 1.54) is 19.1 Å². The summed E-state index contributed by atoms with van der Waals surface area (Å²) in [5, 5.41) is 9.93. The van der Waals surface area contributed by atoms with Gasteiger partial charge in [0.05, 0.1) is 5.56 Å². The van der Waals surface area contributed by atoms with Gasteiger partial charge in [0, 0.05) is 35.7 Å². The van der Waals surface area contributed by atoms with Crippen LogP contribution in [0.4, 0.5) is 0 Å². The van der Waals surface area contributed by atoms with Crippen LogP contribution in [0.5, 0.6) is 23.0 Å². The summed E-state index contributed by atoms with van der Waals surface area (Å²) < 4.78 is 17.1. The second-order valence-electron chi connectivity index (χ2n) is 6.65. The average molecular weight is 374 g/mol. The third-order valence-electron chi connectivity index (χ3n) is 4.93. The number of ether oxygens (including phenoxy) is 3. The molecule has 6 nitrogen and oxygen atoms in total. The number of fused-ring (bicyclic) bond motifs is 6. The van der Waals surface area contributed by atoms with Crippen LogP contribution in [-0.2, 0) is 15.1 Å². The highest BCUT2D eigenvalue weighted by Gasteiger charge is 2.53. The van der Waals surface area contributed by atoms with Crippen LogP contribution < -0.4 is 9.47 Å². The van der Waals surface area contributed by atoms with Crippen molar-refractivity contribution in [2.75, 3.05) is 0 Å². The molecule has 0 aliphatic carbocycles. The molecule has 0 bridgehead atoms. The number of esters is 2. The van der Waals surface area contributed by atoms with E-state index in [0.717, 1.165) is 0 Å². The molecule has 28 heavy (non-hydrogen) atoms. The highest BCUT2D eigenvalue weighted by atomic mass is 16.6. The highest BCUT2D eigenvalue weighted by molar-refractivity contribution is 5.97. The summed E-state index contributed by atoms with van der Waals surface area (Å²) in [6, 6.07) is 16.8. The molecule has 138 valence electrons. The quantitative estimate of drug-likeness (QED) is 0.514. The Morgan fingerprint density at radius 3 is 2.46 bits per heavy atom. The van der Waals surface area contributed by atoms with Gasteiger partial charge in [0.1, 0.15) is 23.0 Å². The van der Waals surface area contributed by atoms with E-state index in [1.54, 1.807) is 36.4 Å². The van der Waals surface area contributed by atoms with E-state index in [2.05, 4.69) is 0 Å². The van der Waals surface area contributed by atoms with Gasteiger partial charge < -0.3 is 19.3 Å². The van der Waals surface area contributed by atoms with Crippen molar-refractivity contribution in [3.63, 3.8) is 0 Å². The molecule has 0 radical (unpaired) electrons. The molecule has 1 atom stereocenters. The lowest BCUT2D eigenvalue weighted by Crippen LogP contribution is -2.33. The van der Waals surface area contributed by atoms with E-state index >= 15 is 0 Å². The second-order valence-corrected chi connectivity index (χ2v) is 6.65. The van der Waals surface area contributed by atoms with Gasteiger partial charge in [0.25, 0.3) is 0 Å². The molecule has 3 aromatic carbocycles. The Kier molecular flexibility index (Phi) is 3.27. The average Bonchev–Trinajstić information content (AvgIpc) is 2.95. The fraction of sp³-hybridized carbons (Fsp3) is 0.0909. The molecule has 1 spiro atoms. The van der Waals surface area contributed by atoms with E-state index in [0.29, 0.717) is 39.5 Å². The van der Waals surface area contributed by atoms with Crippen molar-refractivity contribution < 1.29 is 28.9 Å². The van der Waals surface area contributed by atoms with Gasteiger partial charge in [-0.25, -0.2) is 4.79 Å². The standard InChI is InChI=1S/C22H14O6/c1-12(23)26-14-7-9-18-20(11-14)27-19-10-13(24)6-8-17(19)22(18)16-5-3-2-4-15(16)21(25)28-22/h2-11,24H,1H3. The fourth-order valence-electron chi connectivity index (χ4n) is 3.87. The van der Waals surface area contributed by atoms with E-state index in [4.69, 9.17) is 14.2 Å². The molecule has 0 aromatic heterocycles. The third kappa shape index (κ3) is 2.15. The summed E-state index contributed by atoms with van der Waals surface area (Å²) in [5.74, 6) is 0.166. The Labute approximate surface area is 159 Å². The maximum atomic E-state index is 12.7. The van der Waals surface area contributed by atoms with Crippen molar-refractivity contribution >= 4 is 11.9 Å². The Morgan fingerprint density at radius 2 is 1.68 bits per heavy atom. The third-order valence-corrected chi connectivity index (χ3v) is 4.93. The van der Waals surface area contributed by atoms with Gasteiger partial charge in [-0.15, -0.1) is 0 Å². The zero-order valence-corrected chi connectivity index (χ0v) is 14.8. The number of phenols is 1. The van der Waals surface area contributed by atoms with Crippen LogP contribution in [0.25, 0.3) is 0 Å². The topological polar surface area (TPSA) is 82.1 Å². The lowest BCUT2D eigenvalue weighted by atomic mass is 9.77.